The Morgan fingerprint density at radius 3 is 2.54 bits per heavy atom. The minimum Gasteiger partial charge on any atom is -0.478 e. The molecule has 7 heteroatoms. The van der Waals surface area contributed by atoms with Crippen molar-refractivity contribution in [2.45, 2.75) is 26.4 Å². The summed E-state index contributed by atoms with van der Waals surface area (Å²) in [6.45, 7) is -0.318. The summed E-state index contributed by atoms with van der Waals surface area (Å²) in [5.74, 6) is 0.437. The van der Waals surface area contributed by atoms with E-state index in [4.69, 9.17) is 16.3 Å². The number of hydrogen-bond acceptors (Lipinski definition) is 4. The topological polar surface area (TPSA) is 44.2 Å². The normalized spacial score (nSPS) is 10.9. The Bertz CT molecular complexity index is 921. The number of ether oxygens (including phenoxy) is 2. The number of pyridine rings is 2. The Morgan fingerprint density at radius 2 is 1.86 bits per heavy atom. The van der Waals surface area contributed by atoms with Crippen LogP contribution in [0.4, 0.5) is 8.78 Å². The van der Waals surface area contributed by atoms with Gasteiger partial charge in [-0.2, -0.15) is 8.78 Å². The average molecular weight is 405 g/mol. The number of halogens is 3. The highest BCUT2D eigenvalue weighted by atomic mass is 35.5. The van der Waals surface area contributed by atoms with E-state index in [1.807, 2.05) is 19.1 Å². The highest BCUT2D eigenvalue weighted by Gasteiger charge is 2.14. The second kappa shape index (κ2) is 9.46. The lowest BCUT2D eigenvalue weighted by molar-refractivity contribution is -0.0524. The molecule has 0 amide bonds. The Kier molecular flexibility index (Phi) is 6.76. The number of aromatic nitrogens is 2. The molecule has 146 valence electrons. The number of alkyl halides is 2. The van der Waals surface area contributed by atoms with Crippen molar-refractivity contribution in [2.75, 3.05) is 6.61 Å². The summed E-state index contributed by atoms with van der Waals surface area (Å²) in [6.07, 6.45) is 4.70. The zero-order chi connectivity index (χ0) is 19.9. The molecule has 3 aromatic rings. The van der Waals surface area contributed by atoms with Gasteiger partial charge in [0.2, 0.25) is 11.8 Å². The summed E-state index contributed by atoms with van der Waals surface area (Å²) >= 11 is 6.04. The van der Waals surface area contributed by atoms with Crippen LogP contribution in [0, 0.1) is 0 Å². The highest BCUT2D eigenvalue weighted by Crippen LogP contribution is 2.32. The van der Waals surface area contributed by atoms with Gasteiger partial charge in [-0.25, -0.2) is 9.97 Å². The third-order valence-corrected chi connectivity index (χ3v) is 4.14. The van der Waals surface area contributed by atoms with Gasteiger partial charge in [0.05, 0.1) is 6.61 Å². The molecular formula is C21H19ClF2N2O2. The van der Waals surface area contributed by atoms with Crippen LogP contribution in [0.1, 0.15) is 24.5 Å². The summed E-state index contributed by atoms with van der Waals surface area (Å²) < 4.78 is 35.6. The fourth-order valence-electron chi connectivity index (χ4n) is 2.68. The van der Waals surface area contributed by atoms with Gasteiger partial charge in [-0.05, 0) is 41.3 Å². The van der Waals surface area contributed by atoms with Gasteiger partial charge in [0.25, 0.3) is 0 Å². The second-order valence-electron chi connectivity index (χ2n) is 6.12. The average Bonchev–Trinajstić information content (AvgIpc) is 2.68. The highest BCUT2D eigenvalue weighted by molar-refractivity contribution is 6.30. The van der Waals surface area contributed by atoms with Crippen LogP contribution in [-0.2, 0) is 6.42 Å². The molecule has 0 aliphatic heterocycles. The van der Waals surface area contributed by atoms with Crippen LogP contribution in [0.5, 0.6) is 11.8 Å². The molecule has 2 heterocycles. The van der Waals surface area contributed by atoms with Crippen LogP contribution < -0.4 is 9.47 Å². The van der Waals surface area contributed by atoms with Crippen molar-refractivity contribution in [2.24, 2.45) is 0 Å². The van der Waals surface area contributed by atoms with Crippen molar-refractivity contribution in [3.05, 3.63) is 71.0 Å². The van der Waals surface area contributed by atoms with Crippen molar-refractivity contribution in [1.29, 1.82) is 0 Å². The van der Waals surface area contributed by atoms with Crippen molar-refractivity contribution >= 4 is 11.6 Å². The van der Waals surface area contributed by atoms with Crippen molar-refractivity contribution < 1.29 is 18.3 Å². The first-order valence-corrected chi connectivity index (χ1v) is 9.20. The van der Waals surface area contributed by atoms with E-state index in [9.17, 15) is 8.78 Å². The van der Waals surface area contributed by atoms with Crippen LogP contribution >= 0.6 is 11.6 Å². The number of nitrogens with zero attached hydrogens (tertiary/aromatic N) is 2. The smallest absolute Gasteiger partial charge is 0.388 e. The summed E-state index contributed by atoms with van der Waals surface area (Å²) in [5.41, 5.74) is 2.89. The summed E-state index contributed by atoms with van der Waals surface area (Å²) in [4.78, 5) is 8.37. The van der Waals surface area contributed by atoms with Gasteiger partial charge in [-0.3, -0.25) is 0 Å². The van der Waals surface area contributed by atoms with Gasteiger partial charge in [0.15, 0.2) is 0 Å². The van der Waals surface area contributed by atoms with E-state index in [2.05, 4.69) is 14.7 Å². The molecule has 2 aromatic heterocycles. The van der Waals surface area contributed by atoms with E-state index in [-0.39, 0.29) is 5.88 Å². The maximum absolute atomic E-state index is 12.8. The SMILES string of the molecule is CCCOc1ccc(Cc2cnc(OC(F)F)c(-c3cccc(Cl)c3)c2)cn1. The molecule has 0 radical (unpaired) electrons. The quantitative estimate of drug-likeness (QED) is 0.477. The number of rotatable bonds is 8. The van der Waals surface area contributed by atoms with E-state index in [0.29, 0.717) is 35.1 Å². The Labute approximate surface area is 167 Å². The zero-order valence-electron chi connectivity index (χ0n) is 15.2. The van der Waals surface area contributed by atoms with Crippen LogP contribution in [0.2, 0.25) is 5.02 Å². The first-order valence-electron chi connectivity index (χ1n) is 8.82. The number of benzene rings is 1. The lowest BCUT2D eigenvalue weighted by Crippen LogP contribution is -2.06. The largest absolute Gasteiger partial charge is 0.478 e. The van der Waals surface area contributed by atoms with Crippen molar-refractivity contribution in [1.82, 2.24) is 9.97 Å². The van der Waals surface area contributed by atoms with E-state index < -0.39 is 6.61 Å². The maximum atomic E-state index is 12.8. The first-order chi connectivity index (χ1) is 13.5. The molecule has 0 saturated carbocycles. The standard InChI is InChI=1S/C21H19ClF2N2O2/c1-2-8-27-19-7-6-14(12-25-19)9-15-10-18(16-4-3-5-17(22)11-16)20(26-13-15)28-21(23)24/h3-7,10-13,21H,2,8-9H2,1H3. The Morgan fingerprint density at radius 1 is 1.04 bits per heavy atom. The second-order valence-corrected chi connectivity index (χ2v) is 6.55. The van der Waals surface area contributed by atoms with Crippen LogP contribution in [-0.4, -0.2) is 23.2 Å². The maximum Gasteiger partial charge on any atom is 0.388 e. The summed E-state index contributed by atoms with van der Waals surface area (Å²) in [5, 5.41) is 0.498. The van der Waals surface area contributed by atoms with Crippen LogP contribution in [0.25, 0.3) is 11.1 Å². The molecule has 4 nitrogen and oxygen atoms in total. The summed E-state index contributed by atoms with van der Waals surface area (Å²) in [7, 11) is 0. The molecule has 3 rings (SSSR count). The van der Waals surface area contributed by atoms with Gasteiger partial charge in [0, 0.05) is 35.5 Å². The number of hydrogen-bond donors (Lipinski definition) is 0. The predicted molar refractivity (Wildman–Crippen MR) is 104 cm³/mol. The molecule has 0 unspecified atom stereocenters. The molecule has 0 N–H and O–H groups in total. The minimum atomic E-state index is -2.96. The molecule has 0 bridgehead atoms. The van der Waals surface area contributed by atoms with E-state index in [0.717, 1.165) is 17.5 Å². The molecule has 0 aliphatic rings. The van der Waals surface area contributed by atoms with Gasteiger partial charge in [-0.15, -0.1) is 0 Å². The third-order valence-electron chi connectivity index (χ3n) is 3.90. The molecule has 0 atom stereocenters. The lowest BCUT2D eigenvalue weighted by atomic mass is 10.0. The van der Waals surface area contributed by atoms with Crippen LogP contribution in [0.15, 0.2) is 54.9 Å². The fourth-order valence-corrected chi connectivity index (χ4v) is 2.87. The Hall–Kier alpha value is -2.73. The molecule has 0 fully saturated rings. The molecule has 0 spiro atoms. The van der Waals surface area contributed by atoms with E-state index >= 15 is 0 Å². The van der Waals surface area contributed by atoms with Gasteiger partial charge in [-0.1, -0.05) is 36.7 Å². The third kappa shape index (κ3) is 5.39. The minimum absolute atomic E-state index is 0.137. The van der Waals surface area contributed by atoms with Gasteiger partial charge in [0.1, 0.15) is 0 Å². The van der Waals surface area contributed by atoms with Gasteiger partial charge >= 0.3 is 6.61 Å². The van der Waals surface area contributed by atoms with Crippen molar-refractivity contribution in [3.63, 3.8) is 0 Å². The Balaban J connectivity index is 1.87. The molecule has 28 heavy (non-hydrogen) atoms. The monoisotopic (exact) mass is 404 g/mol. The van der Waals surface area contributed by atoms with E-state index in [1.165, 1.54) is 6.20 Å². The molecule has 1 aromatic carbocycles. The van der Waals surface area contributed by atoms with Crippen LogP contribution in [0.3, 0.4) is 0 Å². The first kappa shape index (κ1) is 20.0. The predicted octanol–water partition coefficient (Wildman–Crippen LogP) is 5.78. The van der Waals surface area contributed by atoms with E-state index in [1.54, 1.807) is 36.5 Å². The van der Waals surface area contributed by atoms with Gasteiger partial charge < -0.3 is 9.47 Å². The fraction of sp³-hybridized carbons (Fsp3) is 0.238. The zero-order valence-corrected chi connectivity index (χ0v) is 16.0. The lowest BCUT2D eigenvalue weighted by Gasteiger charge is -2.12. The molecular weight excluding hydrogens is 386 g/mol. The molecule has 0 saturated heterocycles. The van der Waals surface area contributed by atoms with Crippen molar-refractivity contribution in [3.8, 4) is 22.9 Å². The summed E-state index contributed by atoms with van der Waals surface area (Å²) in [6, 6.07) is 12.4. The molecule has 0 aliphatic carbocycles.